The molecule has 76 valence electrons. The normalized spacial score (nSPS) is 33.3. The van der Waals surface area contributed by atoms with Crippen LogP contribution in [0.15, 0.2) is 0 Å². The Hall–Kier alpha value is -0.570. The maximum atomic E-state index is 11.0. The third kappa shape index (κ3) is 2.69. The van der Waals surface area contributed by atoms with Gasteiger partial charge in [0.2, 0.25) is 5.91 Å². The van der Waals surface area contributed by atoms with Gasteiger partial charge in [-0.15, -0.1) is 0 Å². The maximum absolute atomic E-state index is 11.0. The average Bonchev–Trinajstić information content (AvgIpc) is 2.44. The van der Waals surface area contributed by atoms with Crippen molar-refractivity contribution in [2.75, 3.05) is 13.6 Å². The zero-order valence-electron chi connectivity index (χ0n) is 8.76. The predicted octanol–water partition coefficient (Wildman–Crippen LogP) is 0.757. The van der Waals surface area contributed by atoms with E-state index in [-0.39, 0.29) is 5.91 Å². The van der Waals surface area contributed by atoms with Crippen molar-refractivity contribution >= 4 is 5.91 Å². The minimum absolute atomic E-state index is 0.0757. The molecule has 0 aromatic rings. The summed E-state index contributed by atoms with van der Waals surface area (Å²) in [6.07, 6.45) is 2.49. The van der Waals surface area contributed by atoms with Gasteiger partial charge in [0.25, 0.3) is 0 Å². The number of carbonyl (C=O) groups is 1. The summed E-state index contributed by atoms with van der Waals surface area (Å²) < 4.78 is 0. The summed E-state index contributed by atoms with van der Waals surface area (Å²) in [5.74, 6) is 1.57. The molecule has 0 heterocycles. The lowest BCUT2D eigenvalue weighted by atomic mass is 9.98. The molecule has 0 saturated heterocycles. The third-order valence-electron chi connectivity index (χ3n) is 3.27. The molecule has 13 heavy (non-hydrogen) atoms. The van der Waals surface area contributed by atoms with Crippen molar-refractivity contribution in [1.29, 1.82) is 0 Å². The topological polar surface area (TPSA) is 41.1 Å². The van der Waals surface area contributed by atoms with E-state index in [0.29, 0.717) is 18.5 Å². The summed E-state index contributed by atoms with van der Waals surface area (Å²) in [5, 5.41) is 5.91. The van der Waals surface area contributed by atoms with Crippen LogP contribution in [0.25, 0.3) is 0 Å². The van der Waals surface area contributed by atoms with Gasteiger partial charge in [0, 0.05) is 13.1 Å². The van der Waals surface area contributed by atoms with Crippen molar-refractivity contribution < 1.29 is 4.79 Å². The molecular formula is C10H20N2O. The second kappa shape index (κ2) is 4.61. The Balaban J connectivity index is 2.26. The number of nitrogens with one attached hydrogen (secondary N) is 2. The minimum Gasteiger partial charge on any atom is -0.358 e. The van der Waals surface area contributed by atoms with E-state index in [9.17, 15) is 4.79 Å². The van der Waals surface area contributed by atoms with Crippen molar-refractivity contribution in [3.63, 3.8) is 0 Å². The molecule has 3 unspecified atom stereocenters. The van der Waals surface area contributed by atoms with Gasteiger partial charge in [-0.1, -0.05) is 13.8 Å². The monoisotopic (exact) mass is 184 g/mol. The van der Waals surface area contributed by atoms with Crippen LogP contribution in [-0.4, -0.2) is 25.5 Å². The summed E-state index contributed by atoms with van der Waals surface area (Å²) in [6, 6.07) is 0.535. The summed E-state index contributed by atoms with van der Waals surface area (Å²) in [7, 11) is 1.67. The Labute approximate surface area is 80.3 Å². The van der Waals surface area contributed by atoms with Crippen molar-refractivity contribution in [1.82, 2.24) is 10.6 Å². The van der Waals surface area contributed by atoms with Crippen LogP contribution >= 0.6 is 0 Å². The second-order valence-corrected chi connectivity index (χ2v) is 4.07. The molecule has 0 aromatic carbocycles. The number of hydrogen-bond donors (Lipinski definition) is 2. The molecule has 1 aliphatic carbocycles. The molecule has 0 aromatic heterocycles. The lowest BCUT2D eigenvalue weighted by Crippen LogP contribution is -2.39. The molecule has 0 bridgehead atoms. The van der Waals surface area contributed by atoms with Crippen LogP contribution in [0, 0.1) is 11.8 Å². The van der Waals surface area contributed by atoms with Crippen molar-refractivity contribution in [3.8, 4) is 0 Å². The fraction of sp³-hybridized carbons (Fsp3) is 0.900. The molecule has 1 aliphatic rings. The molecule has 3 nitrogen and oxygen atoms in total. The molecular weight excluding hydrogens is 164 g/mol. The van der Waals surface area contributed by atoms with Crippen LogP contribution < -0.4 is 10.6 Å². The predicted molar refractivity (Wildman–Crippen MR) is 53.4 cm³/mol. The first-order valence-electron chi connectivity index (χ1n) is 5.09. The smallest absolute Gasteiger partial charge is 0.233 e. The lowest BCUT2D eigenvalue weighted by Gasteiger charge is -2.18. The van der Waals surface area contributed by atoms with Gasteiger partial charge in [-0.25, -0.2) is 0 Å². The first-order chi connectivity index (χ1) is 6.15. The quantitative estimate of drug-likeness (QED) is 0.680. The van der Waals surface area contributed by atoms with Gasteiger partial charge in [-0.05, 0) is 24.7 Å². The average molecular weight is 184 g/mol. The number of carbonyl (C=O) groups excluding carboxylic acids is 1. The van der Waals surface area contributed by atoms with Crippen LogP contribution in [0.4, 0.5) is 0 Å². The molecule has 1 amide bonds. The maximum Gasteiger partial charge on any atom is 0.233 e. The van der Waals surface area contributed by atoms with Gasteiger partial charge in [0.05, 0.1) is 6.54 Å². The molecule has 1 fully saturated rings. The van der Waals surface area contributed by atoms with E-state index < -0.39 is 0 Å². The van der Waals surface area contributed by atoms with Crippen LogP contribution in [0.5, 0.6) is 0 Å². The third-order valence-corrected chi connectivity index (χ3v) is 3.27. The van der Waals surface area contributed by atoms with Crippen LogP contribution in [0.1, 0.15) is 26.7 Å². The zero-order valence-corrected chi connectivity index (χ0v) is 8.76. The van der Waals surface area contributed by atoms with E-state index in [0.717, 1.165) is 5.92 Å². The molecule has 0 spiro atoms. The van der Waals surface area contributed by atoms with E-state index in [1.54, 1.807) is 7.05 Å². The standard InChI is InChI=1S/C10H20N2O/c1-7-4-5-9(8(7)2)12-6-10(13)11-3/h7-9,12H,4-6H2,1-3H3,(H,11,13). The number of likely N-dealkylation sites (N-methyl/N-ethyl adjacent to an activating group) is 1. The van der Waals surface area contributed by atoms with E-state index in [1.165, 1.54) is 12.8 Å². The van der Waals surface area contributed by atoms with Gasteiger partial charge >= 0.3 is 0 Å². The molecule has 1 saturated carbocycles. The molecule has 0 aliphatic heterocycles. The highest BCUT2D eigenvalue weighted by Crippen LogP contribution is 2.30. The summed E-state index contributed by atoms with van der Waals surface area (Å²) in [4.78, 5) is 11.0. The highest BCUT2D eigenvalue weighted by Gasteiger charge is 2.29. The highest BCUT2D eigenvalue weighted by atomic mass is 16.1. The van der Waals surface area contributed by atoms with Crippen LogP contribution in [0.2, 0.25) is 0 Å². The SMILES string of the molecule is CNC(=O)CNC1CCC(C)C1C. The largest absolute Gasteiger partial charge is 0.358 e. The Kier molecular flexibility index (Phi) is 3.72. The Morgan fingerprint density at radius 2 is 2.08 bits per heavy atom. The van der Waals surface area contributed by atoms with Gasteiger partial charge < -0.3 is 10.6 Å². The second-order valence-electron chi connectivity index (χ2n) is 4.07. The molecule has 2 N–H and O–H groups in total. The first-order valence-corrected chi connectivity index (χ1v) is 5.09. The summed E-state index contributed by atoms with van der Waals surface area (Å²) in [5.41, 5.74) is 0. The Bertz CT molecular complexity index is 182. The van der Waals surface area contributed by atoms with Crippen LogP contribution in [-0.2, 0) is 4.79 Å². The molecule has 3 atom stereocenters. The lowest BCUT2D eigenvalue weighted by molar-refractivity contribution is -0.119. The van der Waals surface area contributed by atoms with Gasteiger partial charge in [0.1, 0.15) is 0 Å². The van der Waals surface area contributed by atoms with Crippen molar-refractivity contribution in [2.24, 2.45) is 11.8 Å². The summed E-state index contributed by atoms with van der Waals surface area (Å²) in [6.45, 7) is 5.00. The Morgan fingerprint density at radius 3 is 2.54 bits per heavy atom. The number of rotatable bonds is 3. The van der Waals surface area contributed by atoms with E-state index in [2.05, 4.69) is 24.5 Å². The molecule has 0 radical (unpaired) electrons. The fourth-order valence-corrected chi connectivity index (χ4v) is 1.96. The van der Waals surface area contributed by atoms with Gasteiger partial charge in [-0.2, -0.15) is 0 Å². The zero-order chi connectivity index (χ0) is 9.84. The van der Waals surface area contributed by atoms with E-state index in [4.69, 9.17) is 0 Å². The van der Waals surface area contributed by atoms with E-state index >= 15 is 0 Å². The van der Waals surface area contributed by atoms with E-state index in [1.807, 2.05) is 0 Å². The summed E-state index contributed by atoms with van der Waals surface area (Å²) >= 11 is 0. The minimum atomic E-state index is 0.0757. The van der Waals surface area contributed by atoms with Crippen molar-refractivity contribution in [2.45, 2.75) is 32.7 Å². The first kappa shape index (κ1) is 10.5. The van der Waals surface area contributed by atoms with Crippen LogP contribution in [0.3, 0.4) is 0 Å². The van der Waals surface area contributed by atoms with Crippen molar-refractivity contribution in [3.05, 3.63) is 0 Å². The highest BCUT2D eigenvalue weighted by molar-refractivity contribution is 5.77. The molecule has 1 rings (SSSR count). The Morgan fingerprint density at radius 1 is 1.38 bits per heavy atom. The number of hydrogen-bond acceptors (Lipinski definition) is 2. The fourth-order valence-electron chi connectivity index (χ4n) is 1.96. The molecule has 3 heteroatoms. The number of amides is 1. The van der Waals surface area contributed by atoms with Gasteiger partial charge in [0.15, 0.2) is 0 Å². The van der Waals surface area contributed by atoms with Gasteiger partial charge in [-0.3, -0.25) is 4.79 Å².